The number of anilines is 1. The standard InChI is InChI=1S/C28H25Cl2NO5/c1-4-36-23-12-7-17(13-20(23)15(2)3)26(33)24-25(16-5-9-19(32)10-6-16)31(28(35)27(24)34)18-8-11-21(29)22(30)14-18/h5-15,25,32-33H,4H2,1-3H3/b26-24-. The van der Waals surface area contributed by atoms with Crippen LogP contribution in [-0.4, -0.2) is 28.5 Å². The van der Waals surface area contributed by atoms with E-state index in [1.54, 1.807) is 36.4 Å². The number of carbonyl (C=O) groups excluding carboxylic acids is 2. The minimum atomic E-state index is -0.961. The van der Waals surface area contributed by atoms with Crippen molar-refractivity contribution in [1.82, 2.24) is 0 Å². The summed E-state index contributed by atoms with van der Waals surface area (Å²) in [5.74, 6) is -1.15. The van der Waals surface area contributed by atoms with Crippen molar-refractivity contribution in [3.05, 3.63) is 93.0 Å². The monoisotopic (exact) mass is 525 g/mol. The summed E-state index contributed by atoms with van der Waals surface area (Å²) in [6, 6.07) is 14.9. The van der Waals surface area contributed by atoms with Crippen LogP contribution in [-0.2, 0) is 9.59 Å². The number of aliphatic hydroxyl groups is 1. The van der Waals surface area contributed by atoms with Crippen LogP contribution in [0.1, 0.15) is 49.4 Å². The van der Waals surface area contributed by atoms with Crippen LogP contribution in [0, 0.1) is 0 Å². The molecule has 1 heterocycles. The lowest BCUT2D eigenvalue weighted by Crippen LogP contribution is -2.29. The normalized spacial score (nSPS) is 17.2. The number of Topliss-reactive ketones (excluding diaryl/α,β-unsaturated/α-hetero) is 1. The van der Waals surface area contributed by atoms with Gasteiger partial charge in [0.25, 0.3) is 11.7 Å². The van der Waals surface area contributed by atoms with Crippen LogP contribution in [0.25, 0.3) is 5.76 Å². The van der Waals surface area contributed by atoms with E-state index in [0.29, 0.717) is 34.2 Å². The number of ether oxygens (including phenoxy) is 1. The highest BCUT2D eigenvalue weighted by Crippen LogP contribution is 2.44. The summed E-state index contributed by atoms with van der Waals surface area (Å²) in [4.78, 5) is 27.9. The molecular weight excluding hydrogens is 501 g/mol. The Morgan fingerprint density at radius 3 is 2.31 bits per heavy atom. The van der Waals surface area contributed by atoms with Crippen molar-refractivity contribution in [3.63, 3.8) is 0 Å². The Bertz CT molecular complexity index is 1360. The molecule has 6 nitrogen and oxygen atoms in total. The number of benzene rings is 3. The number of ketones is 1. The fourth-order valence-corrected chi connectivity index (χ4v) is 4.59. The Morgan fingerprint density at radius 2 is 1.69 bits per heavy atom. The number of nitrogens with zero attached hydrogens (tertiary/aromatic N) is 1. The lowest BCUT2D eigenvalue weighted by Gasteiger charge is -2.26. The van der Waals surface area contributed by atoms with E-state index in [1.807, 2.05) is 20.8 Å². The Kier molecular flexibility index (Phi) is 7.29. The molecule has 1 atom stereocenters. The van der Waals surface area contributed by atoms with E-state index in [4.69, 9.17) is 27.9 Å². The van der Waals surface area contributed by atoms with Crippen molar-refractivity contribution in [3.8, 4) is 11.5 Å². The third kappa shape index (κ3) is 4.66. The minimum Gasteiger partial charge on any atom is -0.508 e. The lowest BCUT2D eigenvalue weighted by molar-refractivity contribution is -0.132. The fraction of sp³-hybridized carbons (Fsp3) is 0.214. The summed E-state index contributed by atoms with van der Waals surface area (Å²) in [7, 11) is 0. The molecule has 186 valence electrons. The van der Waals surface area contributed by atoms with Gasteiger partial charge in [-0.1, -0.05) is 49.2 Å². The van der Waals surface area contributed by atoms with E-state index in [2.05, 4.69) is 0 Å². The SMILES string of the molecule is CCOc1ccc(/C(O)=C2/C(=O)C(=O)N(c3ccc(Cl)c(Cl)c3)C2c2ccc(O)cc2)cc1C(C)C. The number of phenolic OH excluding ortho intramolecular Hbond substituents is 1. The average molecular weight is 526 g/mol. The van der Waals surface area contributed by atoms with Gasteiger partial charge in [0.05, 0.1) is 28.3 Å². The topological polar surface area (TPSA) is 87.1 Å². The molecule has 1 fully saturated rings. The molecular formula is C28H25Cl2NO5. The van der Waals surface area contributed by atoms with E-state index in [9.17, 15) is 19.8 Å². The molecule has 1 amide bonds. The first-order valence-corrected chi connectivity index (χ1v) is 12.2. The number of aromatic hydroxyl groups is 1. The smallest absolute Gasteiger partial charge is 0.300 e. The zero-order valence-corrected chi connectivity index (χ0v) is 21.5. The molecule has 36 heavy (non-hydrogen) atoms. The van der Waals surface area contributed by atoms with E-state index < -0.39 is 17.7 Å². The summed E-state index contributed by atoms with van der Waals surface area (Å²) in [5, 5.41) is 21.7. The van der Waals surface area contributed by atoms with Gasteiger partial charge in [0, 0.05) is 11.3 Å². The van der Waals surface area contributed by atoms with Gasteiger partial charge in [0.15, 0.2) is 0 Å². The highest BCUT2D eigenvalue weighted by molar-refractivity contribution is 6.52. The molecule has 0 bridgehead atoms. The third-order valence-corrected chi connectivity index (χ3v) is 6.78. The number of rotatable bonds is 6. The number of carbonyl (C=O) groups is 2. The Morgan fingerprint density at radius 1 is 1.00 bits per heavy atom. The van der Waals surface area contributed by atoms with Crippen molar-refractivity contribution in [2.75, 3.05) is 11.5 Å². The van der Waals surface area contributed by atoms with Gasteiger partial charge in [0.1, 0.15) is 17.3 Å². The molecule has 1 unspecified atom stereocenters. The zero-order valence-electron chi connectivity index (χ0n) is 20.0. The highest BCUT2D eigenvalue weighted by atomic mass is 35.5. The van der Waals surface area contributed by atoms with E-state index >= 15 is 0 Å². The molecule has 3 aromatic rings. The Balaban J connectivity index is 1.94. The van der Waals surface area contributed by atoms with Crippen LogP contribution in [0.2, 0.25) is 10.0 Å². The molecule has 1 aliphatic heterocycles. The van der Waals surface area contributed by atoms with Crippen LogP contribution in [0.15, 0.2) is 66.2 Å². The highest BCUT2D eigenvalue weighted by Gasteiger charge is 2.47. The second-order valence-electron chi connectivity index (χ2n) is 8.70. The number of hydrogen-bond acceptors (Lipinski definition) is 5. The maximum atomic E-state index is 13.4. The summed E-state index contributed by atoms with van der Waals surface area (Å²) in [6.45, 7) is 6.38. The molecule has 3 aromatic carbocycles. The van der Waals surface area contributed by atoms with Crippen LogP contribution < -0.4 is 9.64 Å². The molecule has 0 aliphatic carbocycles. The molecule has 2 N–H and O–H groups in total. The number of halogens is 2. The van der Waals surface area contributed by atoms with Crippen LogP contribution in [0.4, 0.5) is 5.69 Å². The molecule has 4 rings (SSSR count). The largest absolute Gasteiger partial charge is 0.508 e. The molecule has 0 saturated carbocycles. The number of phenols is 1. The molecule has 8 heteroatoms. The van der Waals surface area contributed by atoms with Crippen molar-refractivity contribution in [1.29, 1.82) is 0 Å². The number of amides is 1. The summed E-state index contributed by atoms with van der Waals surface area (Å²) >= 11 is 12.3. The summed E-state index contributed by atoms with van der Waals surface area (Å²) in [6.07, 6.45) is 0. The first-order valence-electron chi connectivity index (χ1n) is 11.5. The molecule has 0 aromatic heterocycles. The second kappa shape index (κ2) is 10.2. The molecule has 1 saturated heterocycles. The first kappa shape index (κ1) is 25.6. The van der Waals surface area contributed by atoms with Crippen LogP contribution in [0.5, 0.6) is 11.5 Å². The van der Waals surface area contributed by atoms with Gasteiger partial charge < -0.3 is 14.9 Å². The van der Waals surface area contributed by atoms with Crippen molar-refractivity contribution in [2.45, 2.75) is 32.7 Å². The lowest BCUT2D eigenvalue weighted by atomic mass is 9.93. The maximum Gasteiger partial charge on any atom is 0.300 e. The molecule has 1 aliphatic rings. The van der Waals surface area contributed by atoms with Crippen molar-refractivity contribution in [2.24, 2.45) is 0 Å². The summed E-state index contributed by atoms with van der Waals surface area (Å²) < 4.78 is 5.72. The quantitative estimate of drug-likeness (QED) is 0.209. The Labute approximate surface area is 219 Å². The maximum absolute atomic E-state index is 13.4. The predicted octanol–water partition coefficient (Wildman–Crippen LogP) is 6.85. The average Bonchev–Trinajstić information content (AvgIpc) is 3.11. The zero-order chi connectivity index (χ0) is 26.1. The van der Waals surface area contributed by atoms with Gasteiger partial charge in [-0.2, -0.15) is 0 Å². The van der Waals surface area contributed by atoms with Gasteiger partial charge >= 0.3 is 0 Å². The fourth-order valence-electron chi connectivity index (χ4n) is 4.30. The van der Waals surface area contributed by atoms with Gasteiger partial charge in [-0.3, -0.25) is 14.5 Å². The van der Waals surface area contributed by atoms with Crippen molar-refractivity contribution < 1.29 is 24.5 Å². The third-order valence-electron chi connectivity index (χ3n) is 6.04. The van der Waals surface area contributed by atoms with Crippen LogP contribution >= 0.6 is 23.2 Å². The van der Waals surface area contributed by atoms with E-state index in [-0.39, 0.29) is 28.0 Å². The summed E-state index contributed by atoms with van der Waals surface area (Å²) in [5.41, 5.74) is 2.04. The van der Waals surface area contributed by atoms with Gasteiger partial charge in [-0.25, -0.2) is 0 Å². The predicted molar refractivity (Wildman–Crippen MR) is 141 cm³/mol. The van der Waals surface area contributed by atoms with Gasteiger partial charge in [0.2, 0.25) is 0 Å². The van der Waals surface area contributed by atoms with Gasteiger partial charge in [-0.05, 0) is 72.5 Å². The van der Waals surface area contributed by atoms with Gasteiger partial charge in [-0.15, -0.1) is 0 Å². The molecule has 0 spiro atoms. The van der Waals surface area contributed by atoms with Crippen molar-refractivity contribution >= 4 is 46.3 Å². The number of hydrogen-bond donors (Lipinski definition) is 2. The van der Waals surface area contributed by atoms with Crippen LogP contribution in [0.3, 0.4) is 0 Å². The Hall–Kier alpha value is -3.48. The minimum absolute atomic E-state index is 0.0262. The number of aliphatic hydroxyl groups excluding tert-OH is 1. The first-order chi connectivity index (χ1) is 17.1. The molecule has 0 radical (unpaired) electrons. The second-order valence-corrected chi connectivity index (χ2v) is 9.51. The van der Waals surface area contributed by atoms with E-state index in [0.717, 1.165) is 5.56 Å². The van der Waals surface area contributed by atoms with E-state index in [1.165, 1.54) is 29.2 Å².